The number of rotatable bonds is 7. The number of carbonyl (C=O) groups is 1. The number of nitrogens with two attached hydrogens (primary N) is 1. The van der Waals surface area contributed by atoms with E-state index in [1.165, 1.54) is 4.90 Å². The molecule has 1 unspecified atom stereocenters. The summed E-state index contributed by atoms with van der Waals surface area (Å²) in [5.74, 6) is 0.577. The number of nitrogens with one attached hydrogen (secondary N) is 1. The average Bonchev–Trinajstić information content (AvgIpc) is 2.29. The molecule has 100 valence electrons. The third kappa shape index (κ3) is 4.70. The lowest BCUT2D eigenvalue weighted by molar-refractivity contribution is -0.124. The number of primary amides is 1. The lowest BCUT2D eigenvalue weighted by atomic mass is 9.97. The molecule has 1 aromatic carbocycles. The van der Waals surface area contributed by atoms with E-state index in [0.717, 1.165) is 12.2 Å². The molecule has 1 aromatic rings. The van der Waals surface area contributed by atoms with E-state index in [0.29, 0.717) is 0 Å². The van der Waals surface area contributed by atoms with Crippen molar-refractivity contribution >= 4 is 17.7 Å². The minimum Gasteiger partial charge on any atom is -0.368 e. The molecule has 0 spiro atoms. The van der Waals surface area contributed by atoms with Crippen LogP contribution >= 0.6 is 11.8 Å². The van der Waals surface area contributed by atoms with Crippen LogP contribution in [0.25, 0.3) is 0 Å². The van der Waals surface area contributed by atoms with Gasteiger partial charge in [-0.15, -0.1) is 11.8 Å². The first-order valence-electron chi connectivity index (χ1n) is 6.19. The zero-order chi connectivity index (χ0) is 13.6. The fourth-order valence-electron chi connectivity index (χ4n) is 1.79. The van der Waals surface area contributed by atoms with E-state index in [-0.39, 0.29) is 11.9 Å². The first kappa shape index (κ1) is 15.1. The summed E-state index contributed by atoms with van der Waals surface area (Å²) in [4.78, 5) is 12.8. The number of hydrogen-bond acceptors (Lipinski definition) is 3. The Kier molecular flexibility index (Phi) is 5.69. The molecule has 0 aromatic heterocycles. The van der Waals surface area contributed by atoms with Crippen molar-refractivity contribution in [2.75, 3.05) is 5.75 Å². The first-order valence-corrected chi connectivity index (χ1v) is 7.18. The van der Waals surface area contributed by atoms with Crippen molar-refractivity contribution in [1.29, 1.82) is 0 Å². The highest BCUT2D eigenvalue weighted by molar-refractivity contribution is 7.99. The van der Waals surface area contributed by atoms with Crippen molar-refractivity contribution in [1.82, 2.24) is 5.32 Å². The Bertz CT molecular complexity index is 381. The summed E-state index contributed by atoms with van der Waals surface area (Å²) in [5.41, 5.74) is 4.86. The Morgan fingerprint density at radius 3 is 2.50 bits per heavy atom. The third-order valence-electron chi connectivity index (χ3n) is 2.77. The van der Waals surface area contributed by atoms with Crippen LogP contribution in [0.4, 0.5) is 0 Å². The van der Waals surface area contributed by atoms with Crippen LogP contribution in [0, 0.1) is 0 Å². The standard InChI is InChI=1S/C14H22N2OS/c1-11(2)16-14(3,13(15)17)9-10-18-12-7-5-4-6-8-12/h4-8,11,16H,9-10H2,1-3H3,(H2,15,17). The Labute approximate surface area is 114 Å². The van der Waals surface area contributed by atoms with E-state index < -0.39 is 5.54 Å². The van der Waals surface area contributed by atoms with Gasteiger partial charge in [0, 0.05) is 16.7 Å². The second-order valence-corrected chi connectivity index (χ2v) is 6.08. The molecule has 4 heteroatoms. The summed E-state index contributed by atoms with van der Waals surface area (Å²) < 4.78 is 0. The molecule has 0 radical (unpaired) electrons. The van der Waals surface area contributed by atoms with Crippen LogP contribution in [-0.2, 0) is 4.79 Å². The van der Waals surface area contributed by atoms with Crippen LogP contribution in [0.3, 0.4) is 0 Å². The quantitative estimate of drug-likeness (QED) is 0.745. The largest absolute Gasteiger partial charge is 0.368 e. The fraction of sp³-hybridized carbons (Fsp3) is 0.500. The normalized spacial score (nSPS) is 14.4. The molecule has 0 saturated carbocycles. The predicted octanol–water partition coefficient (Wildman–Crippen LogP) is 2.41. The van der Waals surface area contributed by atoms with Crippen LogP contribution in [-0.4, -0.2) is 23.2 Å². The Hall–Kier alpha value is -1.00. The maximum absolute atomic E-state index is 11.5. The average molecular weight is 266 g/mol. The second-order valence-electron chi connectivity index (χ2n) is 4.91. The Morgan fingerprint density at radius 2 is 2.00 bits per heavy atom. The zero-order valence-electron chi connectivity index (χ0n) is 11.3. The van der Waals surface area contributed by atoms with Crippen LogP contribution in [0.1, 0.15) is 27.2 Å². The topological polar surface area (TPSA) is 55.1 Å². The van der Waals surface area contributed by atoms with Gasteiger partial charge in [-0.05, 0) is 39.3 Å². The molecule has 0 aliphatic heterocycles. The van der Waals surface area contributed by atoms with Crippen molar-refractivity contribution in [2.24, 2.45) is 5.73 Å². The Balaban J connectivity index is 2.50. The van der Waals surface area contributed by atoms with E-state index in [4.69, 9.17) is 5.73 Å². The van der Waals surface area contributed by atoms with Gasteiger partial charge in [-0.25, -0.2) is 0 Å². The molecule has 18 heavy (non-hydrogen) atoms. The van der Waals surface area contributed by atoms with Crippen LogP contribution in [0.2, 0.25) is 0 Å². The number of benzene rings is 1. The van der Waals surface area contributed by atoms with Crippen molar-refractivity contribution in [3.8, 4) is 0 Å². The van der Waals surface area contributed by atoms with Gasteiger partial charge < -0.3 is 11.1 Å². The van der Waals surface area contributed by atoms with E-state index in [1.54, 1.807) is 11.8 Å². The van der Waals surface area contributed by atoms with Crippen LogP contribution < -0.4 is 11.1 Å². The lowest BCUT2D eigenvalue weighted by Gasteiger charge is -2.29. The molecular formula is C14H22N2OS. The van der Waals surface area contributed by atoms with Gasteiger partial charge in [0.15, 0.2) is 0 Å². The molecule has 0 bridgehead atoms. The van der Waals surface area contributed by atoms with E-state index in [9.17, 15) is 4.79 Å². The van der Waals surface area contributed by atoms with Crippen LogP contribution in [0.5, 0.6) is 0 Å². The van der Waals surface area contributed by atoms with Gasteiger partial charge in [-0.1, -0.05) is 18.2 Å². The van der Waals surface area contributed by atoms with Gasteiger partial charge in [0.05, 0.1) is 5.54 Å². The third-order valence-corrected chi connectivity index (χ3v) is 3.78. The summed E-state index contributed by atoms with van der Waals surface area (Å²) in [6.45, 7) is 5.91. The number of thioether (sulfide) groups is 1. The maximum atomic E-state index is 11.5. The molecular weight excluding hydrogens is 244 g/mol. The molecule has 1 atom stereocenters. The smallest absolute Gasteiger partial charge is 0.237 e. The monoisotopic (exact) mass is 266 g/mol. The molecule has 0 aliphatic carbocycles. The first-order chi connectivity index (χ1) is 8.44. The zero-order valence-corrected chi connectivity index (χ0v) is 12.1. The summed E-state index contributed by atoms with van der Waals surface area (Å²) in [6, 6.07) is 10.4. The van der Waals surface area contributed by atoms with Crippen LogP contribution in [0.15, 0.2) is 35.2 Å². The molecule has 1 amide bonds. The molecule has 0 aliphatic rings. The number of hydrogen-bond donors (Lipinski definition) is 2. The summed E-state index contributed by atoms with van der Waals surface area (Å²) in [5, 5.41) is 3.25. The molecule has 1 rings (SSSR count). The van der Waals surface area contributed by atoms with E-state index >= 15 is 0 Å². The summed E-state index contributed by atoms with van der Waals surface area (Å²) in [6.07, 6.45) is 0.722. The highest BCUT2D eigenvalue weighted by atomic mass is 32.2. The molecule has 0 saturated heterocycles. The molecule has 3 nitrogen and oxygen atoms in total. The van der Waals surface area contributed by atoms with Crippen molar-refractivity contribution in [3.63, 3.8) is 0 Å². The predicted molar refractivity (Wildman–Crippen MR) is 77.7 cm³/mol. The number of amides is 1. The highest BCUT2D eigenvalue weighted by Gasteiger charge is 2.30. The van der Waals surface area contributed by atoms with Gasteiger partial charge in [-0.3, -0.25) is 4.79 Å². The Morgan fingerprint density at radius 1 is 1.39 bits per heavy atom. The highest BCUT2D eigenvalue weighted by Crippen LogP contribution is 2.21. The minimum atomic E-state index is -0.629. The molecule has 3 N–H and O–H groups in total. The lowest BCUT2D eigenvalue weighted by Crippen LogP contribution is -2.55. The van der Waals surface area contributed by atoms with Crippen molar-refractivity contribution in [2.45, 2.75) is 43.7 Å². The van der Waals surface area contributed by atoms with Gasteiger partial charge in [0.1, 0.15) is 0 Å². The van der Waals surface area contributed by atoms with Gasteiger partial charge in [0.25, 0.3) is 0 Å². The molecule has 0 fully saturated rings. The number of carbonyl (C=O) groups excluding carboxylic acids is 1. The van der Waals surface area contributed by atoms with E-state index in [1.807, 2.05) is 39.0 Å². The van der Waals surface area contributed by atoms with Gasteiger partial charge in [0.2, 0.25) is 5.91 Å². The van der Waals surface area contributed by atoms with Crippen molar-refractivity contribution in [3.05, 3.63) is 30.3 Å². The molecule has 0 heterocycles. The SMILES string of the molecule is CC(C)NC(C)(CCSc1ccccc1)C(N)=O. The summed E-state index contributed by atoms with van der Waals surface area (Å²) >= 11 is 1.74. The summed E-state index contributed by atoms with van der Waals surface area (Å²) in [7, 11) is 0. The van der Waals surface area contributed by atoms with Crippen molar-refractivity contribution < 1.29 is 4.79 Å². The van der Waals surface area contributed by atoms with Gasteiger partial charge >= 0.3 is 0 Å². The van der Waals surface area contributed by atoms with E-state index in [2.05, 4.69) is 17.4 Å². The fourth-order valence-corrected chi connectivity index (χ4v) is 2.89. The maximum Gasteiger partial charge on any atom is 0.237 e. The second kappa shape index (κ2) is 6.81. The minimum absolute atomic E-state index is 0.240. The van der Waals surface area contributed by atoms with Gasteiger partial charge in [-0.2, -0.15) is 0 Å².